The molecule has 0 saturated carbocycles. The molecule has 2 rings (SSSR count). The molecule has 1 atom stereocenters. The fraction of sp³-hybridized carbons (Fsp3) is 0.300. The lowest BCUT2D eigenvalue weighted by Gasteiger charge is -2.10. The first-order valence-electron chi connectivity index (χ1n) is 5.02. The molecule has 92 valence electrons. The van der Waals surface area contributed by atoms with Crippen molar-refractivity contribution >= 4 is 15.9 Å². The summed E-state index contributed by atoms with van der Waals surface area (Å²) in [6.45, 7) is 0.277. The summed E-state index contributed by atoms with van der Waals surface area (Å²) < 4.78 is 38.7. The van der Waals surface area contributed by atoms with Crippen LogP contribution in [-0.2, 0) is 14.8 Å². The summed E-state index contributed by atoms with van der Waals surface area (Å²) in [5.41, 5.74) is 0. The van der Waals surface area contributed by atoms with E-state index in [1.54, 1.807) is 0 Å². The van der Waals surface area contributed by atoms with Gasteiger partial charge in [0, 0.05) is 19.0 Å². The minimum Gasteiger partial charge on any atom is -0.354 e. The molecule has 1 aromatic rings. The van der Waals surface area contributed by atoms with Gasteiger partial charge in [0.2, 0.25) is 15.9 Å². The third kappa shape index (κ3) is 2.80. The molecule has 0 spiro atoms. The first-order chi connectivity index (χ1) is 7.97. The van der Waals surface area contributed by atoms with Crippen molar-refractivity contribution in [3.8, 4) is 0 Å². The third-order valence-corrected chi connectivity index (χ3v) is 3.96. The zero-order valence-corrected chi connectivity index (χ0v) is 9.63. The van der Waals surface area contributed by atoms with Crippen molar-refractivity contribution in [3.05, 3.63) is 30.1 Å². The number of amides is 1. The van der Waals surface area contributed by atoms with Crippen LogP contribution in [0.4, 0.5) is 4.39 Å². The van der Waals surface area contributed by atoms with Gasteiger partial charge in [0.15, 0.2) is 0 Å². The molecule has 7 heteroatoms. The maximum Gasteiger partial charge on any atom is 0.240 e. The summed E-state index contributed by atoms with van der Waals surface area (Å²) in [5, 5.41) is 2.53. The van der Waals surface area contributed by atoms with Gasteiger partial charge < -0.3 is 5.32 Å². The van der Waals surface area contributed by atoms with E-state index in [9.17, 15) is 17.6 Å². The van der Waals surface area contributed by atoms with Crippen molar-refractivity contribution in [1.82, 2.24) is 10.0 Å². The molecule has 1 fully saturated rings. The second-order valence-electron chi connectivity index (χ2n) is 3.78. The van der Waals surface area contributed by atoms with E-state index in [4.69, 9.17) is 0 Å². The van der Waals surface area contributed by atoms with Gasteiger partial charge in [-0.1, -0.05) is 0 Å². The maximum absolute atomic E-state index is 12.7. The number of sulfonamides is 1. The lowest BCUT2D eigenvalue weighted by molar-refractivity contribution is -0.119. The van der Waals surface area contributed by atoms with Crippen LogP contribution in [0.25, 0.3) is 0 Å². The fourth-order valence-corrected chi connectivity index (χ4v) is 2.83. The lowest BCUT2D eigenvalue weighted by Crippen LogP contribution is -2.36. The summed E-state index contributed by atoms with van der Waals surface area (Å²) in [4.78, 5) is 10.9. The summed E-state index contributed by atoms with van der Waals surface area (Å²) in [6.07, 6.45) is 0.125. The van der Waals surface area contributed by atoms with Crippen LogP contribution in [0.2, 0.25) is 0 Å². The van der Waals surface area contributed by atoms with E-state index in [2.05, 4.69) is 10.0 Å². The highest BCUT2D eigenvalue weighted by Crippen LogP contribution is 2.11. The van der Waals surface area contributed by atoms with E-state index in [1.165, 1.54) is 12.1 Å². The Bertz CT molecular complexity index is 527. The number of nitrogens with one attached hydrogen (secondary N) is 2. The van der Waals surface area contributed by atoms with Crippen molar-refractivity contribution in [2.24, 2.45) is 0 Å². The molecule has 1 heterocycles. The summed E-state index contributed by atoms with van der Waals surface area (Å²) in [5.74, 6) is -0.682. The third-order valence-electron chi connectivity index (χ3n) is 2.42. The predicted octanol–water partition coefficient (Wildman–Crippen LogP) is -0.00750. The smallest absolute Gasteiger partial charge is 0.240 e. The first kappa shape index (κ1) is 12.0. The second-order valence-corrected chi connectivity index (χ2v) is 5.49. The molecule has 1 aliphatic rings. The number of carbonyl (C=O) groups excluding carboxylic acids is 1. The zero-order valence-electron chi connectivity index (χ0n) is 8.81. The van der Waals surface area contributed by atoms with Gasteiger partial charge in [-0.25, -0.2) is 17.5 Å². The molecule has 1 unspecified atom stereocenters. The number of hydrogen-bond acceptors (Lipinski definition) is 3. The molecule has 17 heavy (non-hydrogen) atoms. The Kier molecular flexibility index (Phi) is 3.12. The molecule has 1 aromatic carbocycles. The number of carbonyl (C=O) groups is 1. The number of rotatable bonds is 3. The van der Waals surface area contributed by atoms with Crippen molar-refractivity contribution in [2.75, 3.05) is 6.54 Å². The van der Waals surface area contributed by atoms with E-state index in [0.29, 0.717) is 0 Å². The van der Waals surface area contributed by atoms with E-state index < -0.39 is 21.9 Å². The van der Waals surface area contributed by atoms with Crippen molar-refractivity contribution in [2.45, 2.75) is 17.4 Å². The Morgan fingerprint density at radius 2 is 1.94 bits per heavy atom. The monoisotopic (exact) mass is 258 g/mol. The molecular formula is C10H11FN2O3S. The zero-order chi connectivity index (χ0) is 12.5. The van der Waals surface area contributed by atoms with Crippen LogP contribution in [0, 0.1) is 5.82 Å². The van der Waals surface area contributed by atoms with Crippen LogP contribution in [0.15, 0.2) is 29.2 Å². The highest BCUT2D eigenvalue weighted by Gasteiger charge is 2.26. The molecule has 1 saturated heterocycles. The van der Waals surface area contributed by atoms with Crippen LogP contribution in [-0.4, -0.2) is 26.9 Å². The molecule has 1 aliphatic heterocycles. The van der Waals surface area contributed by atoms with Crippen LogP contribution in [0.1, 0.15) is 6.42 Å². The van der Waals surface area contributed by atoms with E-state index >= 15 is 0 Å². The highest BCUT2D eigenvalue weighted by molar-refractivity contribution is 7.89. The topological polar surface area (TPSA) is 75.3 Å². The number of hydrogen-bond donors (Lipinski definition) is 2. The van der Waals surface area contributed by atoms with Gasteiger partial charge >= 0.3 is 0 Å². The van der Waals surface area contributed by atoms with Crippen molar-refractivity contribution in [3.63, 3.8) is 0 Å². The number of benzene rings is 1. The average molecular weight is 258 g/mol. The molecule has 2 N–H and O–H groups in total. The molecule has 0 bridgehead atoms. The van der Waals surface area contributed by atoms with Crippen LogP contribution < -0.4 is 10.0 Å². The van der Waals surface area contributed by atoms with E-state index in [0.717, 1.165) is 12.1 Å². The Labute approximate surface area is 98.1 Å². The quantitative estimate of drug-likeness (QED) is 0.801. The Morgan fingerprint density at radius 1 is 1.29 bits per heavy atom. The summed E-state index contributed by atoms with van der Waals surface area (Å²) in [6, 6.07) is 4.07. The summed E-state index contributed by atoms with van der Waals surface area (Å²) >= 11 is 0. The van der Waals surface area contributed by atoms with Crippen LogP contribution in [0.3, 0.4) is 0 Å². The van der Waals surface area contributed by atoms with Crippen molar-refractivity contribution in [1.29, 1.82) is 0 Å². The Balaban J connectivity index is 2.14. The molecule has 0 aromatic heterocycles. The van der Waals surface area contributed by atoms with Gasteiger partial charge in [0.1, 0.15) is 5.82 Å². The lowest BCUT2D eigenvalue weighted by atomic mass is 10.3. The van der Waals surface area contributed by atoms with E-state index in [-0.39, 0.29) is 23.8 Å². The van der Waals surface area contributed by atoms with Gasteiger partial charge in [0.05, 0.1) is 4.90 Å². The molecule has 0 radical (unpaired) electrons. The SMILES string of the molecule is O=C1CC(NS(=O)(=O)c2ccc(F)cc2)CN1. The standard InChI is InChI=1S/C10H11FN2O3S/c11-7-1-3-9(4-2-7)17(15,16)13-8-5-10(14)12-6-8/h1-4,8,13H,5-6H2,(H,12,14). The normalized spacial score (nSPS) is 20.3. The fourth-order valence-electron chi connectivity index (χ4n) is 1.59. The van der Waals surface area contributed by atoms with Crippen LogP contribution >= 0.6 is 0 Å². The van der Waals surface area contributed by atoms with Crippen molar-refractivity contribution < 1.29 is 17.6 Å². The largest absolute Gasteiger partial charge is 0.354 e. The van der Waals surface area contributed by atoms with Gasteiger partial charge in [-0.2, -0.15) is 0 Å². The number of halogens is 1. The average Bonchev–Trinajstić information content (AvgIpc) is 2.63. The molecule has 0 aliphatic carbocycles. The van der Waals surface area contributed by atoms with Gasteiger partial charge in [-0.05, 0) is 24.3 Å². The van der Waals surface area contributed by atoms with Crippen LogP contribution in [0.5, 0.6) is 0 Å². The first-order valence-corrected chi connectivity index (χ1v) is 6.50. The summed E-state index contributed by atoms with van der Waals surface area (Å²) in [7, 11) is -3.69. The minimum atomic E-state index is -3.69. The Hall–Kier alpha value is -1.47. The minimum absolute atomic E-state index is 0.0155. The highest BCUT2D eigenvalue weighted by atomic mass is 32.2. The molecule has 5 nitrogen and oxygen atoms in total. The predicted molar refractivity (Wildman–Crippen MR) is 58.1 cm³/mol. The van der Waals surface area contributed by atoms with Gasteiger partial charge in [-0.3, -0.25) is 4.79 Å². The molecular weight excluding hydrogens is 247 g/mol. The van der Waals surface area contributed by atoms with Gasteiger partial charge in [0.25, 0.3) is 0 Å². The molecule has 1 amide bonds. The van der Waals surface area contributed by atoms with E-state index in [1.807, 2.05) is 0 Å². The Morgan fingerprint density at radius 3 is 2.47 bits per heavy atom. The second kappa shape index (κ2) is 4.42. The maximum atomic E-state index is 12.7. The van der Waals surface area contributed by atoms with Gasteiger partial charge in [-0.15, -0.1) is 0 Å².